The molecule has 0 aliphatic rings. The number of rotatable bonds is 5. The Kier molecular flexibility index (Phi) is 5.07. The van der Waals surface area contributed by atoms with E-state index in [2.05, 4.69) is 28.0 Å². The van der Waals surface area contributed by atoms with Crippen LogP contribution in [-0.4, -0.2) is 16.9 Å². The molecule has 2 N–H and O–H groups in total. The lowest BCUT2D eigenvalue weighted by atomic mass is 10.0. The molecule has 1 unspecified atom stereocenters. The van der Waals surface area contributed by atoms with E-state index in [9.17, 15) is 0 Å². The number of methoxy groups -OCH3 is 1. The largest absolute Gasteiger partial charge is 0.493 e. The minimum Gasteiger partial charge on any atom is -0.493 e. The van der Waals surface area contributed by atoms with Crippen molar-refractivity contribution in [1.82, 2.24) is 9.78 Å². The summed E-state index contributed by atoms with van der Waals surface area (Å²) >= 11 is 9.68. The van der Waals surface area contributed by atoms with Gasteiger partial charge in [-0.2, -0.15) is 5.10 Å². The Morgan fingerprint density at radius 1 is 1.50 bits per heavy atom. The third-order valence-corrected chi connectivity index (χ3v) is 3.91. The molecule has 0 aliphatic carbocycles. The van der Waals surface area contributed by atoms with E-state index in [1.54, 1.807) is 13.3 Å². The summed E-state index contributed by atoms with van der Waals surface area (Å²) in [5.41, 5.74) is 8.08. The summed E-state index contributed by atoms with van der Waals surface area (Å²) in [6.07, 6.45) is 2.66. The summed E-state index contributed by atoms with van der Waals surface area (Å²) in [5, 5.41) is 4.95. The van der Waals surface area contributed by atoms with Gasteiger partial charge in [0.15, 0.2) is 5.75 Å². The SMILES string of the molecule is CCCn1ncc(OC)c1C(N)c1ccc(Br)cc1Cl. The fourth-order valence-electron chi connectivity index (χ4n) is 2.14. The molecule has 108 valence electrons. The Bertz CT molecular complexity index is 600. The number of hydrogen-bond donors (Lipinski definition) is 1. The molecular formula is C14H17BrClN3O. The van der Waals surface area contributed by atoms with Gasteiger partial charge < -0.3 is 10.5 Å². The van der Waals surface area contributed by atoms with Crippen molar-refractivity contribution in [3.8, 4) is 5.75 Å². The molecule has 0 bridgehead atoms. The highest BCUT2D eigenvalue weighted by Gasteiger charge is 2.22. The smallest absolute Gasteiger partial charge is 0.161 e. The van der Waals surface area contributed by atoms with E-state index in [0.29, 0.717) is 10.8 Å². The van der Waals surface area contributed by atoms with Crippen LogP contribution in [0.2, 0.25) is 5.02 Å². The normalized spacial score (nSPS) is 12.4. The number of halogens is 2. The molecule has 1 aromatic heterocycles. The van der Waals surface area contributed by atoms with Crippen molar-refractivity contribution in [3.05, 3.63) is 45.1 Å². The van der Waals surface area contributed by atoms with Crippen LogP contribution >= 0.6 is 27.5 Å². The van der Waals surface area contributed by atoms with E-state index < -0.39 is 0 Å². The van der Waals surface area contributed by atoms with Gasteiger partial charge in [-0.05, 0) is 24.1 Å². The lowest BCUT2D eigenvalue weighted by Gasteiger charge is -2.17. The van der Waals surface area contributed by atoms with E-state index in [1.165, 1.54) is 0 Å². The molecule has 20 heavy (non-hydrogen) atoms. The summed E-state index contributed by atoms with van der Waals surface area (Å²) in [7, 11) is 1.62. The van der Waals surface area contributed by atoms with Crippen LogP contribution in [0.3, 0.4) is 0 Å². The van der Waals surface area contributed by atoms with Crippen molar-refractivity contribution < 1.29 is 4.74 Å². The Morgan fingerprint density at radius 3 is 2.85 bits per heavy atom. The summed E-state index contributed by atoms with van der Waals surface area (Å²) in [6.45, 7) is 2.89. The maximum atomic E-state index is 6.38. The van der Waals surface area contributed by atoms with Crippen molar-refractivity contribution in [2.75, 3.05) is 7.11 Å². The molecule has 0 saturated heterocycles. The molecule has 0 radical (unpaired) electrons. The molecule has 1 heterocycles. The minimum atomic E-state index is -0.375. The molecule has 6 heteroatoms. The third kappa shape index (κ3) is 3.00. The Balaban J connectivity index is 2.46. The number of hydrogen-bond acceptors (Lipinski definition) is 3. The van der Waals surface area contributed by atoms with Gasteiger partial charge in [-0.25, -0.2) is 0 Å². The molecule has 2 aromatic rings. The number of aromatic nitrogens is 2. The lowest BCUT2D eigenvalue weighted by Crippen LogP contribution is -2.18. The second kappa shape index (κ2) is 6.61. The van der Waals surface area contributed by atoms with Gasteiger partial charge in [0.1, 0.15) is 5.69 Å². The van der Waals surface area contributed by atoms with Crippen molar-refractivity contribution in [1.29, 1.82) is 0 Å². The summed E-state index contributed by atoms with van der Waals surface area (Å²) < 4.78 is 8.16. The predicted molar refractivity (Wildman–Crippen MR) is 84.3 cm³/mol. The number of benzene rings is 1. The molecule has 0 amide bonds. The van der Waals surface area contributed by atoms with Gasteiger partial charge in [0.05, 0.1) is 19.3 Å². The molecule has 0 aliphatic heterocycles. The summed E-state index contributed by atoms with van der Waals surface area (Å²) in [6, 6.07) is 5.30. The van der Waals surface area contributed by atoms with Crippen LogP contribution in [0.1, 0.15) is 30.6 Å². The molecule has 4 nitrogen and oxygen atoms in total. The van der Waals surface area contributed by atoms with Crippen LogP contribution in [-0.2, 0) is 6.54 Å². The van der Waals surface area contributed by atoms with Crippen LogP contribution in [0.15, 0.2) is 28.9 Å². The van der Waals surface area contributed by atoms with Crippen LogP contribution in [0.25, 0.3) is 0 Å². The number of nitrogens with two attached hydrogens (primary N) is 1. The van der Waals surface area contributed by atoms with Gasteiger partial charge in [0.25, 0.3) is 0 Å². The van der Waals surface area contributed by atoms with Gasteiger partial charge in [-0.3, -0.25) is 4.68 Å². The minimum absolute atomic E-state index is 0.375. The van der Waals surface area contributed by atoms with Gasteiger partial charge in [-0.15, -0.1) is 0 Å². The first-order valence-corrected chi connectivity index (χ1v) is 7.55. The molecule has 1 atom stereocenters. The monoisotopic (exact) mass is 357 g/mol. The predicted octanol–water partition coefficient (Wildman–Crippen LogP) is 3.77. The Morgan fingerprint density at radius 2 is 2.25 bits per heavy atom. The average Bonchev–Trinajstić information content (AvgIpc) is 2.81. The van der Waals surface area contributed by atoms with Crippen molar-refractivity contribution in [2.24, 2.45) is 5.73 Å². The molecular weight excluding hydrogens is 342 g/mol. The van der Waals surface area contributed by atoms with E-state index in [1.807, 2.05) is 22.9 Å². The highest BCUT2D eigenvalue weighted by atomic mass is 79.9. The van der Waals surface area contributed by atoms with E-state index in [0.717, 1.165) is 28.7 Å². The lowest BCUT2D eigenvalue weighted by molar-refractivity contribution is 0.404. The average molecular weight is 359 g/mol. The van der Waals surface area contributed by atoms with Gasteiger partial charge >= 0.3 is 0 Å². The maximum absolute atomic E-state index is 6.38. The van der Waals surface area contributed by atoms with Crippen LogP contribution in [0, 0.1) is 0 Å². The molecule has 0 fully saturated rings. The Hall–Kier alpha value is -1.04. The summed E-state index contributed by atoms with van der Waals surface area (Å²) in [5.74, 6) is 0.685. The van der Waals surface area contributed by atoms with Crippen LogP contribution in [0.5, 0.6) is 5.75 Å². The van der Waals surface area contributed by atoms with E-state index >= 15 is 0 Å². The van der Waals surface area contributed by atoms with Gasteiger partial charge in [0, 0.05) is 16.0 Å². The first kappa shape index (κ1) is 15.4. The fourth-order valence-corrected chi connectivity index (χ4v) is 2.93. The van der Waals surface area contributed by atoms with Crippen LogP contribution < -0.4 is 10.5 Å². The van der Waals surface area contributed by atoms with Gasteiger partial charge in [-0.1, -0.05) is 40.5 Å². The van der Waals surface area contributed by atoms with E-state index in [4.69, 9.17) is 22.1 Å². The first-order valence-electron chi connectivity index (χ1n) is 6.38. The second-order valence-electron chi connectivity index (χ2n) is 4.46. The van der Waals surface area contributed by atoms with Crippen LogP contribution in [0.4, 0.5) is 0 Å². The third-order valence-electron chi connectivity index (χ3n) is 3.09. The number of ether oxygens (including phenoxy) is 1. The topological polar surface area (TPSA) is 53.1 Å². The van der Waals surface area contributed by atoms with Gasteiger partial charge in [0.2, 0.25) is 0 Å². The molecule has 1 aromatic carbocycles. The number of nitrogens with zero attached hydrogens (tertiary/aromatic N) is 2. The van der Waals surface area contributed by atoms with Crippen molar-refractivity contribution >= 4 is 27.5 Å². The highest BCUT2D eigenvalue weighted by molar-refractivity contribution is 9.10. The highest BCUT2D eigenvalue weighted by Crippen LogP contribution is 2.33. The molecule has 0 saturated carbocycles. The standard InChI is InChI=1S/C14H17BrClN3O/c1-3-6-19-14(12(20-2)8-18-19)13(17)10-5-4-9(15)7-11(10)16/h4-5,7-8,13H,3,6,17H2,1-2H3. The first-order chi connectivity index (χ1) is 9.58. The zero-order valence-corrected chi connectivity index (χ0v) is 13.8. The second-order valence-corrected chi connectivity index (χ2v) is 5.79. The Labute approximate surface area is 132 Å². The number of aryl methyl sites for hydroxylation is 1. The quantitative estimate of drug-likeness (QED) is 0.885. The molecule has 0 spiro atoms. The van der Waals surface area contributed by atoms with E-state index in [-0.39, 0.29) is 6.04 Å². The summed E-state index contributed by atoms with van der Waals surface area (Å²) in [4.78, 5) is 0. The maximum Gasteiger partial charge on any atom is 0.161 e. The zero-order valence-electron chi connectivity index (χ0n) is 11.4. The fraction of sp³-hybridized carbons (Fsp3) is 0.357. The molecule has 2 rings (SSSR count). The van der Waals surface area contributed by atoms with Crippen molar-refractivity contribution in [2.45, 2.75) is 25.9 Å². The zero-order chi connectivity index (χ0) is 14.7. The van der Waals surface area contributed by atoms with Crippen molar-refractivity contribution in [3.63, 3.8) is 0 Å².